The zero-order chi connectivity index (χ0) is 25.4. The third-order valence-corrected chi connectivity index (χ3v) is 6.72. The minimum Gasteiger partial charge on any atom is -0.352 e. The van der Waals surface area contributed by atoms with Gasteiger partial charge in [-0.15, -0.1) is 0 Å². The Kier molecular flexibility index (Phi) is 9.50. The summed E-state index contributed by atoms with van der Waals surface area (Å²) < 4.78 is 0. The number of nitrogens with zero attached hydrogens (tertiary/aromatic N) is 1. The van der Waals surface area contributed by atoms with E-state index in [9.17, 15) is 9.59 Å². The summed E-state index contributed by atoms with van der Waals surface area (Å²) in [4.78, 5) is 29.0. The number of aryl methyl sites for hydroxylation is 2. The first-order valence-electron chi connectivity index (χ1n) is 12.2. The van der Waals surface area contributed by atoms with Crippen molar-refractivity contribution in [2.24, 2.45) is 0 Å². The maximum Gasteiger partial charge on any atom is 0.243 e. The highest BCUT2D eigenvalue weighted by Gasteiger charge is 2.31. The van der Waals surface area contributed by atoms with Crippen LogP contribution in [-0.2, 0) is 29.0 Å². The molecule has 2 amide bonds. The molecule has 0 heterocycles. The molecule has 184 valence electrons. The van der Waals surface area contributed by atoms with E-state index in [1.54, 1.807) is 4.90 Å². The van der Waals surface area contributed by atoms with Gasteiger partial charge in [-0.05, 0) is 67.1 Å². The average Bonchev–Trinajstić information content (AvgIpc) is 2.85. The fourth-order valence-corrected chi connectivity index (χ4v) is 4.10. The number of hydrogen-bond acceptors (Lipinski definition) is 2. The molecule has 3 aromatic rings. The molecule has 3 aromatic carbocycles. The molecule has 4 nitrogen and oxygen atoms in total. The predicted molar refractivity (Wildman–Crippen MR) is 143 cm³/mol. The van der Waals surface area contributed by atoms with Crippen molar-refractivity contribution in [3.63, 3.8) is 0 Å². The summed E-state index contributed by atoms with van der Waals surface area (Å²) in [7, 11) is 0. The van der Waals surface area contributed by atoms with Gasteiger partial charge in [-0.1, -0.05) is 79.2 Å². The van der Waals surface area contributed by atoms with E-state index >= 15 is 0 Å². The first-order valence-corrected chi connectivity index (χ1v) is 12.6. The number of nitrogens with one attached hydrogen (secondary N) is 1. The molecule has 0 unspecified atom stereocenters. The molecule has 0 aliphatic heterocycles. The van der Waals surface area contributed by atoms with Crippen LogP contribution in [0, 0.1) is 13.8 Å². The van der Waals surface area contributed by atoms with Gasteiger partial charge < -0.3 is 10.2 Å². The monoisotopic (exact) mass is 490 g/mol. The Morgan fingerprint density at radius 2 is 1.54 bits per heavy atom. The molecule has 0 aromatic heterocycles. The van der Waals surface area contributed by atoms with Crippen LogP contribution in [0.2, 0.25) is 5.02 Å². The third kappa shape index (κ3) is 7.69. The van der Waals surface area contributed by atoms with Gasteiger partial charge in [0.25, 0.3) is 0 Å². The van der Waals surface area contributed by atoms with E-state index in [4.69, 9.17) is 11.6 Å². The number of rotatable bonds is 10. The van der Waals surface area contributed by atoms with Crippen molar-refractivity contribution >= 4 is 23.4 Å². The van der Waals surface area contributed by atoms with Gasteiger partial charge in [-0.25, -0.2) is 0 Å². The lowest BCUT2D eigenvalue weighted by molar-refractivity contribution is -0.141. The average molecular weight is 491 g/mol. The fourth-order valence-electron chi connectivity index (χ4n) is 3.97. The summed E-state index contributed by atoms with van der Waals surface area (Å²) in [5, 5.41) is 3.74. The normalized spacial score (nSPS) is 12.6. The van der Waals surface area contributed by atoms with E-state index in [0.717, 1.165) is 28.7 Å². The van der Waals surface area contributed by atoms with Crippen LogP contribution in [0.15, 0.2) is 72.8 Å². The molecule has 0 aliphatic carbocycles. The molecule has 0 bridgehead atoms. The van der Waals surface area contributed by atoms with Crippen LogP contribution in [0.4, 0.5) is 0 Å². The van der Waals surface area contributed by atoms with Crippen LogP contribution < -0.4 is 5.32 Å². The lowest BCUT2D eigenvalue weighted by Gasteiger charge is -2.32. The first-order chi connectivity index (χ1) is 16.8. The van der Waals surface area contributed by atoms with Gasteiger partial charge in [0.05, 0.1) is 6.42 Å². The van der Waals surface area contributed by atoms with Crippen LogP contribution in [0.25, 0.3) is 0 Å². The van der Waals surface area contributed by atoms with Crippen LogP contribution in [-0.4, -0.2) is 28.8 Å². The van der Waals surface area contributed by atoms with Gasteiger partial charge in [-0.3, -0.25) is 9.59 Å². The standard InChI is InChI=1S/C30H35ClN2O2/c1-5-23(4)32-30(35)28(18-24-9-7-6-8-10-24)33(20-25-13-15-27(31)16-14-25)29(34)19-26-12-11-21(2)22(3)17-26/h6-17,23,28H,5,18-20H2,1-4H3,(H,32,35)/t23-,28-/m0/s1. The lowest BCUT2D eigenvalue weighted by Crippen LogP contribution is -2.52. The summed E-state index contributed by atoms with van der Waals surface area (Å²) in [6.45, 7) is 8.45. The predicted octanol–water partition coefficient (Wildman–Crippen LogP) is 6.05. The molecule has 35 heavy (non-hydrogen) atoms. The van der Waals surface area contributed by atoms with Crippen molar-refractivity contribution in [1.82, 2.24) is 10.2 Å². The topological polar surface area (TPSA) is 49.4 Å². The highest BCUT2D eigenvalue weighted by atomic mass is 35.5. The molecular formula is C30H35ClN2O2. The number of halogens is 1. The number of carbonyl (C=O) groups excluding carboxylic acids is 2. The largest absolute Gasteiger partial charge is 0.352 e. The van der Waals surface area contributed by atoms with Gasteiger partial charge in [0.1, 0.15) is 6.04 Å². The van der Waals surface area contributed by atoms with Gasteiger partial charge in [0.2, 0.25) is 11.8 Å². The molecule has 1 N–H and O–H groups in total. The van der Waals surface area contributed by atoms with Crippen LogP contribution in [0.3, 0.4) is 0 Å². The summed E-state index contributed by atoms with van der Waals surface area (Å²) in [6.07, 6.45) is 1.49. The van der Waals surface area contributed by atoms with Gasteiger partial charge in [0, 0.05) is 24.0 Å². The van der Waals surface area contributed by atoms with Crippen LogP contribution in [0.5, 0.6) is 0 Å². The van der Waals surface area contributed by atoms with E-state index in [1.165, 1.54) is 5.56 Å². The van der Waals surface area contributed by atoms with Crippen LogP contribution >= 0.6 is 11.6 Å². The van der Waals surface area contributed by atoms with Crippen molar-refractivity contribution in [2.45, 2.75) is 65.6 Å². The first kappa shape index (κ1) is 26.5. The summed E-state index contributed by atoms with van der Waals surface area (Å²) in [5.41, 5.74) is 5.22. The Morgan fingerprint density at radius 3 is 2.17 bits per heavy atom. The smallest absolute Gasteiger partial charge is 0.243 e. The Bertz CT molecular complexity index is 1130. The molecule has 0 fully saturated rings. The summed E-state index contributed by atoms with van der Waals surface area (Å²) in [6, 6.07) is 22.8. The Balaban J connectivity index is 1.97. The van der Waals surface area contributed by atoms with E-state index < -0.39 is 6.04 Å². The Morgan fingerprint density at radius 1 is 0.886 bits per heavy atom. The SMILES string of the molecule is CC[C@H](C)NC(=O)[C@H](Cc1ccccc1)N(Cc1ccc(Cl)cc1)C(=O)Cc1ccc(C)c(C)c1. The van der Waals surface area contributed by atoms with Crippen molar-refractivity contribution in [2.75, 3.05) is 0 Å². The van der Waals surface area contributed by atoms with Gasteiger partial charge in [0.15, 0.2) is 0 Å². The maximum absolute atomic E-state index is 13.8. The molecule has 0 aliphatic rings. The Hall–Kier alpha value is -3.11. The molecule has 5 heteroatoms. The minimum absolute atomic E-state index is 0.0213. The molecule has 0 saturated carbocycles. The molecular weight excluding hydrogens is 456 g/mol. The maximum atomic E-state index is 13.8. The van der Waals surface area contributed by atoms with Crippen LogP contribution in [0.1, 0.15) is 48.1 Å². The van der Waals surface area contributed by atoms with E-state index in [0.29, 0.717) is 18.0 Å². The number of hydrogen-bond donors (Lipinski definition) is 1. The van der Waals surface area contributed by atoms with E-state index in [1.807, 2.05) is 87.5 Å². The van der Waals surface area contributed by atoms with E-state index in [-0.39, 0.29) is 24.3 Å². The fraction of sp³-hybridized carbons (Fsp3) is 0.333. The number of benzene rings is 3. The second-order valence-corrected chi connectivity index (χ2v) is 9.70. The Labute approximate surface area is 214 Å². The molecule has 0 saturated heterocycles. The minimum atomic E-state index is -0.638. The van der Waals surface area contributed by atoms with Crippen molar-refractivity contribution in [3.05, 3.63) is 106 Å². The molecule has 2 atom stereocenters. The van der Waals surface area contributed by atoms with Crippen molar-refractivity contribution in [3.8, 4) is 0 Å². The molecule has 0 radical (unpaired) electrons. The van der Waals surface area contributed by atoms with Gasteiger partial charge in [-0.2, -0.15) is 0 Å². The zero-order valence-electron chi connectivity index (χ0n) is 21.1. The van der Waals surface area contributed by atoms with Gasteiger partial charge >= 0.3 is 0 Å². The van der Waals surface area contributed by atoms with E-state index in [2.05, 4.69) is 18.3 Å². The summed E-state index contributed by atoms with van der Waals surface area (Å²) >= 11 is 6.09. The zero-order valence-corrected chi connectivity index (χ0v) is 21.8. The molecule has 0 spiro atoms. The number of carbonyl (C=O) groups is 2. The third-order valence-electron chi connectivity index (χ3n) is 6.46. The highest BCUT2D eigenvalue weighted by Crippen LogP contribution is 2.19. The van der Waals surface area contributed by atoms with Crippen molar-refractivity contribution in [1.29, 1.82) is 0 Å². The lowest BCUT2D eigenvalue weighted by atomic mass is 10.00. The number of amides is 2. The second-order valence-electron chi connectivity index (χ2n) is 9.27. The highest BCUT2D eigenvalue weighted by molar-refractivity contribution is 6.30. The second kappa shape index (κ2) is 12.6. The van der Waals surface area contributed by atoms with Crippen molar-refractivity contribution < 1.29 is 9.59 Å². The quantitative estimate of drug-likeness (QED) is 0.376. The molecule has 3 rings (SSSR count). The summed E-state index contributed by atoms with van der Waals surface area (Å²) in [5.74, 6) is -0.214.